The van der Waals surface area contributed by atoms with Gasteiger partial charge in [0.25, 0.3) is 0 Å². The van der Waals surface area contributed by atoms with Crippen LogP contribution in [0.3, 0.4) is 0 Å². The molecule has 2 aromatic heterocycles. The summed E-state index contributed by atoms with van der Waals surface area (Å²) in [5, 5.41) is 8.23. The highest BCUT2D eigenvalue weighted by atomic mass is 35.5. The number of piperidine rings is 1. The molecule has 0 unspecified atom stereocenters. The van der Waals surface area contributed by atoms with Crippen LogP contribution < -0.4 is 0 Å². The van der Waals surface area contributed by atoms with E-state index in [2.05, 4.69) is 20.4 Å². The Morgan fingerprint density at radius 3 is 2.67 bits per heavy atom. The van der Waals surface area contributed by atoms with E-state index in [1.165, 1.54) is 0 Å². The zero-order chi connectivity index (χ0) is 16.4. The lowest BCUT2D eigenvalue weighted by molar-refractivity contribution is 0.172. The Morgan fingerprint density at radius 1 is 1.17 bits per heavy atom. The summed E-state index contributed by atoms with van der Waals surface area (Å²) >= 11 is 7.64. The first-order valence-electron chi connectivity index (χ1n) is 8.05. The smallest absolute Gasteiger partial charge is 0.137 e. The minimum absolute atomic E-state index is 0.476. The highest BCUT2D eigenvalue weighted by Crippen LogP contribution is 2.27. The molecule has 1 fully saturated rings. The largest absolute Gasteiger partial charge is 0.297 e. The number of likely N-dealkylation sites (tertiary alicyclic amines) is 1. The van der Waals surface area contributed by atoms with Gasteiger partial charge in [0.05, 0.1) is 11.7 Å². The number of benzene rings is 1. The van der Waals surface area contributed by atoms with Crippen molar-refractivity contribution in [2.75, 3.05) is 13.1 Å². The van der Waals surface area contributed by atoms with E-state index in [9.17, 15) is 0 Å². The van der Waals surface area contributed by atoms with Crippen molar-refractivity contribution in [3.05, 3.63) is 53.0 Å². The predicted molar refractivity (Wildman–Crippen MR) is 96.1 cm³/mol. The van der Waals surface area contributed by atoms with Crippen LogP contribution in [0.2, 0.25) is 5.02 Å². The Labute approximate surface area is 149 Å². The second kappa shape index (κ2) is 7.01. The summed E-state index contributed by atoms with van der Waals surface area (Å²) in [5.74, 6) is 0. The van der Waals surface area contributed by atoms with Crippen molar-refractivity contribution in [3.63, 3.8) is 0 Å². The molecule has 3 aromatic rings. The first kappa shape index (κ1) is 15.7. The molecule has 0 aliphatic carbocycles. The molecule has 5 nitrogen and oxygen atoms in total. The van der Waals surface area contributed by atoms with E-state index in [0.29, 0.717) is 6.04 Å². The second-order valence-corrected chi connectivity index (χ2v) is 7.33. The number of halogens is 1. The lowest BCUT2D eigenvalue weighted by Gasteiger charge is -2.31. The fraction of sp³-hybridized carbons (Fsp3) is 0.353. The Balaban J connectivity index is 1.36. The summed E-state index contributed by atoms with van der Waals surface area (Å²) in [6.45, 7) is 3.05. The zero-order valence-electron chi connectivity index (χ0n) is 13.2. The molecular formula is C17H18ClN5S. The molecule has 0 amide bonds. The van der Waals surface area contributed by atoms with Crippen LogP contribution in [-0.2, 0) is 6.54 Å². The third kappa shape index (κ3) is 3.50. The van der Waals surface area contributed by atoms with E-state index in [1.807, 2.05) is 35.3 Å². The summed E-state index contributed by atoms with van der Waals surface area (Å²) in [4.78, 5) is 11.3. The van der Waals surface area contributed by atoms with Crippen molar-refractivity contribution in [1.82, 2.24) is 24.6 Å². The quantitative estimate of drug-likeness (QED) is 0.709. The standard InChI is InChI=1S/C17H18ClN5S/c18-14-3-1-13(2-4-14)17-21-15(10-24-17)9-22-7-5-16(6-8-22)23-12-19-11-20-23/h1-4,10-12,16H,5-9H2. The SMILES string of the molecule is Clc1ccc(-c2nc(CN3CCC(n4cncn4)CC3)cs2)cc1. The summed E-state index contributed by atoms with van der Waals surface area (Å²) in [5.41, 5.74) is 2.27. The fourth-order valence-corrected chi connectivity index (χ4v) is 4.02. The number of aromatic nitrogens is 4. The van der Waals surface area contributed by atoms with Gasteiger partial charge in [-0.3, -0.25) is 4.90 Å². The van der Waals surface area contributed by atoms with Gasteiger partial charge in [-0.05, 0) is 25.0 Å². The molecule has 1 saturated heterocycles. The van der Waals surface area contributed by atoms with Crippen molar-refractivity contribution < 1.29 is 0 Å². The monoisotopic (exact) mass is 359 g/mol. The third-order valence-corrected chi connectivity index (χ3v) is 5.59. The average molecular weight is 360 g/mol. The van der Waals surface area contributed by atoms with E-state index >= 15 is 0 Å². The second-order valence-electron chi connectivity index (χ2n) is 6.03. The van der Waals surface area contributed by atoms with E-state index in [1.54, 1.807) is 17.7 Å². The molecule has 24 heavy (non-hydrogen) atoms. The molecule has 0 spiro atoms. The molecule has 7 heteroatoms. The number of rotatable bonds is 4. The van der Waals surface area contributed by atoms with Crippen molar-refractivity contribution in [2.45, 2.75) is 25.4 Å². The molecule has 0 atom stereocenters. The van der Waals surface area contributed by atoms with Crippen LogP contribution in [0.4, 0.5) is 0 Å². The van der Waals surface area contributed by atoms with Crippen molar-refractivity contribution in [1.29, 1.82) is 0 Å². The van der Waals surface area contributed by atoms with Crippen LogP contribution in [0, 0.1) is 0 Å². The van der Waals surface area contributed by atoms with Gasteiger partial charge in [-0.15, -0.1) is 11.3 Å². The molecule has 1 aliphatic rings. The minimum atomic E-state index is 0.476. The lowest BCUT2D eigenvalue weighted by atomic mass is 10.1. The lowest BCUT2D eigenvalue weighted by Crippen LogP contribution is -2.34. The maximum absolute atomic E-state index is 5.95. The average Bonchev–Trinajstić information content (AvgIpc) is 3.28. The first-order chi connectivity index (χ1) is 11.8. The molecule has 1 aromatic carbocycles. The van der Waals surface area contributed by atoms with Crippen LogP contribution in [-0.4, -0.2) is 37.7 Å². The Morgan fingerprint density at radius 2 is 1.96 bits per heavy atom. The van der Waals surface area contributed by atoms with Crippen LogP contribution in [0.15, 0.2) is 42.3 Å². The highest BCUT2D eigenvalue weighted by Gasteiger charge is 2.21. The maximum Gasteiger partial charge on any atom is 0.137 e. The van der Waals surface area contributed by atoms with E-state index in [0.717, 1.165) is 53.8 Å². The number of hydrogen-bond donors (Lipinski definition) is 0. The van der Waals surface area contributed by atoms with Crippen LogP contribution >= 0.6 is 22.9 Å². The van der Waals surface area contributed by atoms with E-state index in [-0.39, 0.29) is 0 Å². The molecule has 1 aliphatic heterocycles. The fourth-order valence-electron chi connectivity index (χ4n) is 3.08. The summed E-state index contributed by atoms with van der Waals surface area (Å²) < 4.78 is 1.98. The van der Waals surface area contributed by atoms with Crippen LogP contribution in [0.1, 0.15) is 24.6 Å². The summed E-state index contributed by atoms with van der Waals surface area (Å²) in [7, 11) is 0. The Hall–Kier alpha value is -1.76. The van der Waals surface area contributed by atoms with E-state index < -0.39 is 0 Å². The van der Waals surface area contributed by atoms with Crippen molar-refractivity contribution in [2.24, 2.45) is 0 Å². The molecule has 3 heterocycles. The topological polar surface area (TPSA) is 46.8 Å². The molecule has 4 rings (SSSR count). The normalized spacial score (nSPS) is 16.5. The van der Waals surface area contributed by atoms with Gasteiger partial charge in [-0.1, -0.05) is 23.7 Å². The van der Waals surface area contributed by atoms with Crippen LogP contribution in [0.25, 0.3) is 10.6 Å². The van der Waals surface area contributed by atoms with Gasteiger partial charge in [-0.2, -0.15) is 5.10 Å². The Bertz CT molecular complexity index is 776. The molecule has 0 radical (unpaired) electrons. The van der Waals surface area contributed by atoms with Gasteiger partial charge >= 0.3 is 0 Å². The van der Waals surface area contributed by atoms with E-state index in [4.69, 9.17) is 16.6 Å². The van der Waals surface area contributed by atoms with Gasteiger partial charge in [0.1, 0.15) is 17.7 Å². The predicted octanol–water partition coefficient (Wildman–Crippen LogP) is 3.89. The van der Waals surface area contributed by atoms with Gasteiger partial charge in [0, 0.05) is 35.6 Å². The molecule has 0 N–H and O–H groups in total. The van der Waals surface area contributed by atoms with Gasteiger partial charge in [0.2, 0.25) is 0 Å². The number of nitrogens with zero attached hydrogens (tertiary/aromatic N) is 5. The highest BCUT2D eigenvalue weighted by molar-refractivity contribution is 7.13. The number of thiazole rings is 1. The third-order valence-electron chi connectivity index (χ3n) is 4.40. The molecule has 0 bridgehead atoms. The molecule has 124 valence electrons. The van der Waals surface area contributed by atoms with Gasteiger partial charge in [0.15, 0.2) is 0 Å². The van der Waals surface area contributed by atoms with Gasteiger partial charge in [-0.25, -0.2) is 14.6 Å². The first-order valence-corrected chi connectivity index (χ1v) is 9.30. The Kier molecular flexibility index (Phi) is 4.60. The van der Waals surface area contributed by atoms with Crippen LogP contribution in [0.5, 0.6) is 0 Å². The number of hydrogen-bond acceptors (Lipinski definition) is 5. The molecule has 0 saturated carbocycles. The van der Waals surface area contributed by atoms with Gasteiger partial charge < -0.3 is 0 Å². The summed E-state index contributed by atoms with van der Waals surface area (Å²) in [6, 6.07) is 8.34. The summed E-state index contributed by atoms with van der Waals surface area (Å²) in [6.07, 6.45) is 5.65. The van der Waals surface area contributed by atoms with Crippen molar-refractivity contribution in [3.8, 4) is 10.6 Å². The molecular weight excluding hydrogens is 342 g/mol. The zero-order valence-corrected chi connectivity index (χ0v) is 14.7. The minimum Gasteiger partial charge on any atom is -0.297 e. The van der Waals surface area contributed by atoms with Crippen molar-refractivity contribution >= 4 is 22.9 Å². The maximum atomic E-state index is 5.95.